The van der Waals surface area contributed by atoms with Crippen molar-refractivity contribution in [2.75, 3.05) is 39.9 Å². The number of nitrogens with zero attached hydrogens (tertiary/aromatic N) is 3. The van der Waals surface area contributed by atoms with Crippen molar-refractivity contribution in [3.63, 3.8) is 0 Å². The summed E-state index contributed by atoms with van der Waals surface area (Å²) in [6.45, 7) is 13.4. The summed E-state index contributed by atoms with van der Waals surface area (Å²) < 4.78 is 11.0. The molecule has 0 saturated carbocycles. The molecule has 1 aliphatic heterocycles. The minimum atomic E-state index is 0.457. The molecule has 0 aliphatic carbocycles. The minimum Gasteiger partial charge on any atom is -0.444 e. The van der Waals surface area contributed by atoms with Crippen molar-refractivity contribution in [2.45, 2.75) is 40.3 Å². The summed E-state index contributed by atoms with van der Waals surface area (Å²) in [7, 11) is 1.78. The van der Waals surface area contributed by atoms with E-state index >= 15 is 0 Å². The smallest absolute Gasteiger partial charge is 0.214 e. The third-order valence-electron chi connectivity index (χ3n) is 4.47. The lowest BCUT2D eigenvalue weighted by Crippen LogP contribution is -2.52. The molecule has 24 heavy (non-hydrogen) atoms. The van der Waals surface area contributed by atoms with Crippen LogP contribution in [-0.2, 0) is 11.3 Å². The number of guanidine groups is 1. The summed E-state index contributed by atoms with van der Waals surface area (Å²) in [6, 6.07) is 0.457. The monoisotopic (exact) mass is 337 g/mol. The van der Waals surface area contributed by atoms with Crippen LogP contribution >= 0.6 is 0 Å². The van der Waals surface area contributed by atoms with Crippen LogP contribution in [0.3, 0.4) is 0 Å². The van der Waals surface area contributed by atoms with Crippen LogP contribution in [-0.4, -0.2) is 61.8 Å². The maximum Gasteiger partial charge on any atom is 0.214 e. The van der Waals surface area contributed by atoms with E-state index in [4.69, 9.17) is 9.15 Å². The van der Waals surface area contributed by atoms with Gasteiger partial charge >= 0.3 is 0 Å². The van der Waals surface area contributed by atoms with Gasteiger partial charge in [-0.05, 0) is 19.8 Å². The predicted octanol–water partition coefficient (Wildman–Crippen LogP) is 1.31. The van der Waals surface area contributed by atoms with Gasteiger partial charge in [0, 0.05) is 32.7 Å². The van der Waals surface area contributed by atoms with Gasteiger partial charge in [-0.2, -0.15) is 0 Å². The van der Waals surface area contributed by atoms with Crippen LogP contribution in [0.25, 0.3) is 0 Å². The van der Waals surface area contributed by atoms with Crippen LogP contribution in [0.2, 0.25) is 0 Å². The van der Waals surface area contributed by atoms with Crippen LogP contribution in [0.1, 0.15) is 31.2 Å². The fraction of sp³-hybridized carbons (Fsp3) is 0.765. The van der Waals surface area contributed by atoms with Gasteiger partial charge < -0.3 is 19.8 Å². The molecule has 7 nitrogen and oxygen atoms in total. The lowest BCUT2D eigenvalue weighted by atomic mass is 10.0. The van der Waals surface area contributed by atoms with Gasteiger partial charge in [0.1, 0.15) is 5.76 Å². The molecule has 0 radical (unpaired) electrons. The number of hydrogen-bond acceptors (Lipinski definition) is 5. The van der Waals surface area contributed by atoms with Crippen LogP contribution in [0.4, 0.5) is 0 Å². The molecule has 2 rings (SSSR count). The lowest BCUT2D eigenvalue weighted by molar-refractivity contribution is 0.00752. The van der Waals surface area contributed by atoms with Crippen LogP contribution < -0.4 is 10.6 Å². The second kappa shape index (κ2) is 9.03. The first kappa shape index (κ1) is 18.7. The van der Waals surface area contributed by atoms with Gasteiger partial charge in [0.2, 0.25) is 5.89 Å². The summed E-state index contributed by atoms with van der Waals surface area (Å²) in [5, 5.41) is 6.69. The van der Waals surface area contributed by atoms with E-state index in [2.05, 4.69) is 39.4 Å². The molecule has 1 atom stereocenters. The first-order valence-electron chi connectivity index (χ1n) is 8.70. The highest BCUT2D eigenvalue weighted by Crippen LogP contribution is 2.12. The quantitative estimate of drug-likeness (QED) is 0.602. The molecule has 2 N–H and O–H groups in total. The molecule has 2 heterocycles. The van der Waals surface area contributed by atoms with Gasteiger partial charge in [0.05, 0.1) is 25.5 Å². The highest BCUT2D eigenvalue weighted by molar-refractivity contribution is 5.79. The Kier molecular flexibility index (Phi) is 7.05. The third-order valence-corrected chi connectivity index (χ3v) is 4.47. The number of morpholine rings is 1. The van der Waals surface area contributed by atoms with Crippen LogP contribution in [0.15, 0.2) is 9.41 Å². The van der Waals surface area contributed by atoms with Crippen molar-refractivity contribution in [1.29, 1.82) is 0 Å². The molecule has 1 fully saturated rings. The van der Waals surface area contributed by atoms with E-state index in [0.717, 1.165) is 50.3 Å². The van der Waals surface area contributed by atoms with Gasteiger partial charge in [-0.25, -0.2) is 4.98 Å². The van der Waals surface area contributed by atoms with Crippen molar-refractivity contribution in [3.05, 3.63) is 17.3 Å². The molecule has 1 aromatic rings. The zero-order valence-corrected chi connectivity index (χ0v) is 15.6. The van der Waals surface area contributed by atoms with Gasteiger partial charge in [0.25, 0.3) is 0 Å². The summed E-state index contributed by atoms with van der Waals surface area (Å²) in [4.78, 5) is 11.2. The zero-order chi connectivity index (χ0) is 17.5. The number of rotatable bonds is 6. The van der Waals surface area contributed by atoms with E-state index in [1.54, 1.807) is 7.05 Å². The topological polar surface area (TPSA) is 74.9 Å². The summed E-state index contributed by atoms with van der Waals surface area (Å²) in [5.74, 6) is 2.87. The van der Waals surface area contributed by atoms with Crippen molar-refractivity contribution < 1.29 is 9.15 Å². The number of aryl methyl sites for hydroxylation is 2. The molecule has 7 heteroatoms. The molecule has 1 saturated heterocycles. The second-order valence-corrected chi connectivity index (χ2v) is 6.52. The maximum atomic E-state index is 5.59. The molecule has 0 spiro atoms. The largest absolute Gasteiger partial charge is 0.444 e. The number of ether oxygens (including phenoxy) is 1. The van der Waals surface area contributed by atoms with Gasteiger partial charge in [-0.15, -0.1) is 0 Å². The summed E-state index contributed by atoms with van der Waals surface area (Å²) >= 11 is 0. The van der Waals surface area contributed by atoms with E-state index in [-0.39, 0.29) is 0 Å². The number of nitrogens with one attached hydrogen (secondary N) is 2. The summed E-state index contributed by atoms with van der Waals surface area (Å²) in [5.41, 5.74) is 0.932. The zero-order valence-electron chi connectivity index (χ0n) is 15.6. The highest BCUT2D eigenvalue weighted by atomic mass is 16.5. The second-order valence-electron chi connectivity index (χ2n) is 6.52. The Labute approximate surface area is 144 Å². The van der Waals surface area contributed by atoms with Crippen molar-refractivity contribution in [3.8, 4) is 0 Å². The van der Waals surface area contributed by atoms with Gasteiger partial charge in [0.15, 0.2) is 5.96 Å². The lowest BCUT2D eigenvalue weighted by Gasteiger charge is -2.37. The number of aromatic nitrogens is 1. The molecule has 0 amide bonds. The molecular weight excluding hydrogens is 306 g/mol. The average molecular weight is 337 g/mol. The van der Waals surface area contributed by atoms with E-state index in [1.807, 2.05) is 13.8 Å². The fourth-order valence-electron chi connectivity index (χ4n) is 2.89. The Bertz CT molecular complexity index is 516. The molecule has 0 aromatic carbocycles. The fourth-order valence-corrected chi connectivity index (χ4v) is 2.89. The number of aliphatic imine (C=N–C) groups is 1. The van der Waals surface area contributed by atoms with Crippen molar-refractivity contribution >= 4 is 5.96 Å². The molecular formula is C17H31N5O2. The van der Waals surface area contributed by atoms with E-state index in [1.165, 1.54) is 0 Å². The average Bonchev–Trinajstić information content (AvgIpc) is 2.89. The molecule has 1 aromatic heterocycles. The van der Waals surface area contributed by atoms with Crippen LogP contribution in [0.5, 0.6) is 0 Å². The normalized spacial score (nSPS) is 18.0. The van der Waals surface area contributed by atoms with Crippen molar-refractivity contribution in [2.24, 2.45) is 10.9 Å². The first-order valence-corrected chi connectivity index (χ1v) is 8.70. The number of hydrogen-bond donors (Lipinski definition) is 2. The minimum absolute atomic E-state index is 0.457. The Morgan fingerprint density at radius 2 is 1.96 bits per heavy atom. The molecule has 1 aliphatic rings. The SMILES string of the molecule is CN=C(NCc1nc(C)c(C)o1)NCC(C(C)C)N1CCOCC1. The number of oxazole rings is 1. The third kappa shape index (κ3) is 5.21. The van der Waals surface area contributed by atoms with E-state index < -0.39 is 0 Å². The van der Waals surface area contributed by atoms with Gasteiger partial charge in [-0.1, -0.05) is 13.8 Å². The Hall–Kier alpha value is -1.60. The first-order chi connectivity index (χ1) is 11.5. The Morgan fingerprint density at radius 1 is 1.25 bits per heavy atom. The standard InChI is InChI=1S/C17H31N5O2/c1-12(2)15(22-6-8-23-9-7-22)10-19-17(18-5)20-11-16-21-13(3)14(4)24-16/h12,15H,6-11H2,1-5H3,(H2,18,19,20). The van der Waals surface area contributed by atoms with Crippen LogP contribution in [0, 0.1) is 19.8 Å². The molecule has 0 bridgehead atoms. The van der Waals surface area contributed by atoms with Gasteiger partial charge in [-0.3, -0.25) is 9.89 Å². The Morgan fingerprint density at radius 3 is 2.50 bits per heavy atom. The highest BCUT2D eigenvalue weighted by Gasteiger charge is 2.23. The van der Waals surface area contributed by atoms with E-state index in [9.17, 15) is 0 Å². The maximum absolute atomic E-state index is 5.59. The predicted molar refractivity (Wildman–Crippen MR) is 95.2 cm³/mol. The molecule has 136 valence electrons. The Balaban J connectivity index is 1.84. The molecule has 1 unspecified atom stereocenters. The summed E-state index contributed by atoms with van der Waals surface area (Å²) in [6.07, 6.45) is 0. The van der Waals surface area contributed by atoms with E-state index in [0.29, 0.717) is 24.4 Å². The van der Waals surface area contributed by atoms with Crippen molar-refractivity contribution in [1.82, 2.24) is 20.5 Å².